The number of hydrogen-bond acceptors (Lipinski definition) is 5. The second-order valence-electron chi connectivity index (χ2n) is 4.86. The fourth-order valence-electron chi connectivity index (χ4n) is 2.24. The molecule has 0 saturated heterocycles. The van der Waals surface area contributed by atoms with E-state index in [0.717, 1.165) is 9.55 Å². The third-order valence-corrected chi connectivity index (χ3v) is 5.36. The minimum atomic E-state index is -3.59. The summed E-state index contributed by atoms with van der Waals surface area (Å²) >= 11 is 0. The Bertz CT molecular complexity index is 878. The van der Waals surface area contributed by atoms with Crippen LogP contribution in [0.3, 0.4) is 0 Å². The number of allylic oxidation sites excluding steroid dienone is 3. The van der Waals surface area contributed by atoms with Crippen LogP contribution in [0, 0.1) is 0 Å². The lowest BCUT2D eigenvalue weighted by atomic mass is 10.1. The molecule has 21 heavy (non-hydrogen) atoms. The Kier molecular flexibility index (Phi) is 3.21. The summed E-state index contributed by atoms with van der Waals surface area (Å²) in [6.07, 6.45) is 9.08. The fourth-order valence-corrected chi connectivity index (χ4v) is 3.76. The van der Waals surface area contributed by atoms with E-state index in [0.29, 0.717) is 18.2 Å². The second kappa shape index (κ2) is 4.92. The van der Waals surface area contributed by atoms with E-state index < -0.39 is 15.3 Å². The molecule has 0 N–H and O–H groups in total. The molecule has 1 unspecified atom stereocenters. The van der Waals surface area contributed by atoms with E-state index in [2.05, 4.69) is 9.97 Å². The van der Waals surface area contributed by atoms with Crippen molar-refractivity contribution in [3.8, 4) is 0 Å². The third kappa shape index (κ3) is 2.29. The fraction of sp³-hybridized carbons (Fsp3) is 0.214. The molecule has 108 valence electrons. The van der Waals surface area contributed by atoms with Crippen LogP contribution >= 0.6 is 0 Å². The van der Waals surface area contributed by atoms with Crippen molar-refractivity contribution >= 4 is 27.5 Å². The van der Waals surface area contributed by atoms with Crippen molar-refractivity contribution in [3.05, 3.63) is 48.0 Å². The van der Waals surface area contributed by atoms with Crippen molar-refractivity contribution in [2.24, 2.45) is 0 Å². The zero-order valence-electron chi connectivity index (χ0n) is 11.3. The van der Waals surface area contributed by atoms with Gasteiger partial charge in [-0.25, -0.2) is 22.4 Å². The Balaban J connectivity index is 2.08. The van der Waals surface area contributed by atoms with E-state index in [-0.39, 0.29) is 11.3 Å². The molecule has 2 heterocycles. The molecular formula is C14H13N3O3S. The summed E-state index contributed by atoms with van der Waals surface area (Å²) in [5.74, 6) is 0. The molecule has 1 aliphatic rings. The molecule has 0 amide bonds. The maximum Gasteiger partial charge on any atom is 0.247 e. The van der Waals surface area contributed by atoms with Gasteiger partial charge in [-0.05, 0) is 19.4 Å². The van der Waals surface area contributed by atoms with Crippen LogP contribution in [0.4, 0.5) is 0 Å². The number of aldehydes is 1. The van der Waals surface area contributed by atoms with Gasteiger partial charge in [0.15, 0.2) is 11.9 Å². The van der Waals surface area contributed by atoms with Gasteiger partial charge in [-0.15, -0.1) is 0 Å². The maximum atomic E-state index is 12.7. The van der Waals surface area contributed by atoms with Crippen molar-refractivity contribution in [2.45, 2.75) is 18.6 Å². The number of carbonyl (C=O) groups is 1. The van der Waals surface area contributed by atoms with Gasteiger partial charge in [-0.1, -0.05) is 23.8 Å². The molecule has 3 rings (SSSR count). The molecular weight excluding hydrogens is 290 g/mol. The van der Waals surface area contributed by atoms with E-state index in [1.807, 2.05) is 13.0 Å². The van der Waals surface area contributed by atoms with Crippen LogP contribution < -0.4 is 0 Å². The smallest absolute Gasteiger partial charge is 0.247 e. The van der Waals surface area contributed by atoms with Gasteiger partial charge in [0.2, 0.25) is 10.0 Å². The van der Waals surface area contributed by atoms with Gasteiger partial charge in [0.25, 0.3) is 0 Å². The van der Waals surface area contributed by atoms with Crippen LogP contribution in [0.1, 0.15) is 23.8 Å². The third-order valence-electron chi connectivity index (χ3n) is 3.40. The summed E-state index contributed by atoms with van der Waals surface area (Å²) in [6, 6.07) is 1.54. The van der Waals surface area contributed by atoms with Gasteiger partial charge in [0.1, 0.15) is 16.5 Å². The van der Waals surface area contributed by atoms with Crippen LogP contribution in [0.25, 0.3) is 11.2 Å². The zero-order chi connectivity index (χ0) is 15.0. The lowest BCUT2D eigenvalue weighted by Gasteiger charge is -2.16. The van der Waals surface area contributed by atoms with E-state index in [4.69, 9.17) is 0 Å². The monoisotopic (exact) mass is 303 g/mol. The Morgan fingerprint density at radius 3 is 2.90 bits per heavy atom. The number of fused-ring (bicyclic) bond motifs is 1. The van der Waals surface area contributed by atoms with E-state index >= 15 is 0 Å². The van der Waals surface area contributed by atoms with Crippen molar-refractivity contribution in [3.63, 3.8) is 0 Å². The van der Waals surface area contributed by atoms with Crippen LogP contribution in [0.2, 0.25) is 0 Å². The lowest BCUT2D eigenvalue weighted by Crippen LogP contribution is -2.26. The average Bonchev–Trinajstić information content (AvgIpc) is 2.91. The summed E-state index contributed by atoms with van der Waals surface area (Å²) in [5, 5.41) is -0.621. The first-order chi connectivity index (χ1) is 10.0. The first kappa shape index (κ1) is 13.7. The Hall–Kier alpha value is -2.28. The molecule has 0 aromatic carbocycles. The van der Waals surface area contributed by atoms with E-state index in [1.165, 1.54) is 12.4 Å². The van der Waals surface area contributed by atoms with Gasteiger partial charge in [-0.2, -0.15) is 0 Å². The van der Waals surface area contributed by atoms with Crippen LogP contribution in [0.15, 0.2) is 42.3 Å². The van der Waals surface area contributed by atoms with Crippen LogP contribution in [-0.2, 0) is 10.0 Å². The molecule has 0 aliphatic heterocycles. The maximum absolute atomic E-state index is 12.7. The molecule has 7 heteroatoms. The van der Waals surface area contributed by atoms with E-state index in [1.54, 1.807) is 18.2 Å². The quantitative estimate of drug-likeness (QED) is 0.806. The molecule has 2 aromatic heterocycles. The highest BCUT2D eigenvalue weighted by atomic mass is 32.2. The van der Waals surface area contributed by atoms with Crippen LogP contribution in [-0.4, -0.2) is 33.9 Å². The topological polar surface area (TPSA) is 81.9 Å². The highest BCUT2D eigenvalue weighted by Crippen LogP contribution is 2.22. The minimum Gasteiger partial charge on any atom is -0.296 e. The molecule has 2 aromatic rings. The largest absolute Gasteiger partial charge is 0.296 e. The van der Waals surface area contributed by atoms with Crippen molar-refractivity contribution in [1.82, 2.24) is 13.9 Å². The first-order valence-electron chi connectivity index (χ1n) is 6.41. The Morgan fingerprint density at radius 2 is 2.24 bits per heavy atom. The number of rotatable bonds is 3. The standard InChI is InChI=1S/C14H13N3O3S/c1-10-2-4-12(5-3-10)21(19,20)17-7-6-13-14(17)15-8-11(9-18)16-13/h2-4,6-9,12H,5H2,1H3. The summed E-state index contributed by atoms with van der Waals surface area (Å²) in [6.45, 7) is 1.93. The first-order valence-corrected chi connectivity index (χ1v) is 7.91. The average molecular weight is 303 g/mol. The van der Waals surface area contributed by atoms with Gasteiger partial charge < -0.3 is 0 Å². The van der Waals surface area contributed by atoms with Crippen molar-refractivity contribution in [1.29, 1.82) is 0 Å². The number of carbonyl (C=O) groups excluding carboxylic acids is 1. The second-order valence-corrected chi connectivity index (χ2v) is 6.89. The summed E-state index contributed by atoms with van der Waals surface area (Å²) in [5.41, 5.74) is 1.85. The van der Waals surface area contributed by atoms with Gasteiger partial charge in [-0.3, -0.25) is 4.79 Å². The predicted octanol–water partition coefficient (Wildman–Crippen LogP) is 1.70. The van der Waals surface area contributed by atoms with Gasteiger partial charge in [0.05, 0.1) is 6.20 Å². The Labute approximate surface area is 121 Å². The molecule has 0 bridgehead atoms. The molecule has 1 atom stereocenters. The molecule has 0 radical (unpaired) electrons. The number of hydrogen-bond donors (Lipinski definition) is 0. The zero-order valence-corrected chi connectivity index (χ0v) is 12.1. The summed E-state index contributed by atoms with van der Waals surface area (Å²) in [4.78, 5) is 18.8. The van der Waals surface area contributed by atoms with Gasteiger partial charge >= 0.3 is 0 Å². The number of nitrogens with zero attached hydrogens (tertiary/aromatic N) is 3. The SMILES string of the molecule is CC1=CCC(S(=O)(=O)n2ccc3nc(C=O)cnc32)C=C1. The molecule has 1 aliphatic carbocycles. The minimum absolute atomic E-state index is 0.175. The van der Waals surface area contributed by atoms with Crippen molar-refractivity contribution < 1.29 is 13.2 Å². The summed E-state index contributed by atoms with van der Waals surface area (Å²) in [7, 11) is -3.59. The van der Waals surface area contributed by atoms with Crippen LogP contribution in [0.5, 0.6) is 0 Å². The highest BCUT2D eigenvalue weighted by molar-refractivity contribution is 7.90. The molecule has 0 fully saturated rings. The van der Waals surface area contributed by atoms with E-state index in [9.17, 15) is 13.2 Å². The summed E-state index contributed by atoms with van der Waals surface area (Å²) < 4.78 is 26.5. The molecule has 0 spiro atoms. The normalized spacial score (nSPS) is 18.7. The highest BCUT2D eigenvalue weighted by Gasteiger charge is 2.27. The molecule has 0 saturated carbocycles. The predicted molar refractivity (Wildman–Crippen MR) is 78.5 cm³/mol. The van der Waals surface area contributed by atoms with Gasteiger partial charge in [0, 0.05) is 6.20 Å². The Morgan fingerprint density at radius 1 is 1.43 bits per heavy atom. The van der Waals surface area contributed by atoms with Crippen molar-refractivity contribution in [2.75, 3.05) is 0 Å². The lowest BCUT2D eigenvalue weighted by molar-refractivity contribution is 0.111. The molecule has 6 nitrogen and oxygen atoms in total. The number of aromatic nitrogens is 3.